The molecule has 0 heterocycles. The second-order valence-corrected chi connectivity index (χ2v) is 7.62. The third-order valence-electron chi connectivity index (χ3n) is 4.95. The molecule has 0 aromatic heterocycles. The lowest BCUT2D eigenvalue weighted by atomic mass is 10.0. The van der Waals surface area contributed by atoms with Crippen molar-refractivity contribution < 1.29 is 34.7 Å². The van der Waals surface area contributed by atoms with Crippen molar-refractivity contribution in [2.45, 2.75) is 96.8 Å². The standard InChI is InChI=1S/C16H32O2.C8H6O5/c1-2-3-4-5-6-7-8-9-10-11-12-13-14-15-16(17)18;9-7(10)5-3-1-2-4-6(5)8(11)13-12/h2-15H2,1H3,(H,17,18);1-4,12H,(H,9,10). The van der Waals surface area contributed by atoms with Crippen molar-refractivity contribution in [2.75, 3.05) is 0 Å². The van der Waals surface area contributed by atoms with Crippen LogP contribution in [0.3, 0.4) is 0 Å². The molecule has 0 saturated heterocycles. The van der Waals surface area contributed by atoms with Gasteiger partial charge in [-0.15, -0.1) is 0 Å². The number of aliphatic carboxylic acids is 1. The van der Waals surface area contributed by atoms with Gasteiger partial charge in [0.2, 0.25) is 0 Å². The number of hydrogen-bond donors (Lipinski definition) is 3. The quantitative estimate of drug-likeness (QED) is 0.152. The van der Waals surface area contributed by atoms with Crippen molar-refractivity contribution in [3.05, 3.63) is 35.4 Å². The van der Waals surface area contributed by atoms with E-state index in [1.807, 2.05) is 0 Å². The van der Waals surface area contributed by atoms with Crippen molar-refractivity contribution in [2.24, 2.45) is 0 Å². The van der Waals surface area contributed by atoms with E-state index in [1.54, 1.807) is 0 Å². The van der Waals surface area contributed by atoms with E-state index in [1.165, 1.54) is 94.9 Å². The molecule has 176 valence electrons. The maximum absolute atomic E-state index is 10.8. The first-order chi connectivity index (χ1) is 14.9. The highest BCUT2D eigenvalue weighted by Crippen LogP contribution is 2.13. The van der Waals surface area contributed by atoms with Crippen LogP contribution in [0.15, 0.2) is 24.3 Å². The van der Waals surface area contributed by atoms with Crippen LogP contribution in [0, 0.1) is 0 Å². The number of carboxylic acids is 2. The summed E-state index contributed by atoms with van der Waals surface area (Å²) in [6.07, 6.45) is 17.3. The third-order valence-corrected chi connectivity index (χ3v) is 4.95. The molecule has 0 amide bonds. The van der Waals surface area contributed by atoms with Gasteiger partial charge in [-0.1, -0.05) is 96.1 Å². The topological polar surface area (TPSA) is 121 Å². The number of carbonyl (C=O) groups excluding carboxylic acids is 1. The minimum atomic E-state index is -1.25. The number of carboxylic acid groups (broad SMARTS) is 2. The molecule has 0 aliphatic heterocycles. The molecule has 1 rings (SSSR count). The van der Waals surface area contributed by atoms with E-state index in [9.17, 15) is 14.4 Å². The number of unbranched alkanes of at least 4 members (excludes halogenated alkanes) is 12. The zero-order valence-electron chi connectivity index (χ0n) is 18.7. The monoisotopic (exact) mass is 438 g/mol. The molecule has 0 bridgehead atoms. The van der Waals surface area contributed by atoms with E-state index in [4.69, 9.17) is 15.5 Å². The predicted molar refractivity (Wildman–Crippen MR) is 119 cm³/mol. The second-order valence-electron chi connectivity index (χ2n) is 7.62. The average Bonchev–Trinajstić information content (AvgIpc) is 2.76. The van der Waals surface area contributed by atoms with Crippen LogP contribution in [-0.4, -0.2) is 33.4 Å². The maximum atomic E-state index is 10.8. The molecular weight excluding hydrogens is 400 g/mol. The fourth-order valence-corrected chi connectivity index (χ4v) is 3.19. The highest BCUT2D eigenvalue weighted by Gasteiger charge is 2.16. The molecular formula is C24H38O7. The van der Waals surface area contributed by atoms with E-state index in [0.29, 0.717) is 6.42 Å². The van der Waals surface area contributed by atoms with Gasteiger partial charge in [-0.25, -0.2) is 9.59 Å². The van der Waals surface area contributed by atoms with Crippen LogP contribution in [0.2, 0.25) is 0 Å². The summed E-state index contributed by atoms with van der Waals surface area (Å²) >= 11 is 0. The highest BCUT2D eigenvalue weighted by molar-refractivity contribution is 6.02. The van der Waals surface area contributed by atoms with E-state index in [0.717, 1.165) is 12.8 Å². The Balaban J connectivity index is 0.000000609. The molecule has 1 aromatic rings. The molecule has 0 fully saturated rings. The summed E-state index contributed by atoms with van der Waals surface area (Å²) in [5.41, 5.74) is -0.390. The largest absolute Gasteiger partial charge is 0.481 e. The summed E-state index contributed by atoms with van der Waals surface area (Å²) in [5, 5.41) is 25.2. The molecule has 7 nitrogen and oxygen atoms in total. The maximum Gasteiger partial charge on any atom is 0.373 e. The van der Waals surface area contributed by atoms with Gasteiger partial charge in [-0.2, -0.15) is 5.26 Å². The van der Waals surface area contributed by atoms with Gasteiger partial charge < -0.3 is 10.2 Å². The molecule has 1 aromatic carbocycles. The van der Waals surface area contributed by atoms with Crippen LogP contribution in [0.1, 0.15) is 118 Å². The van der Waals surface area contributed by atoms with Crippen LogP contribution in [0.5, 0.6) is 0 Å². The van der Waals surface area contributed by atoms with Crippen molar-refractivity contribution in [1.82, 2.24) is 0 Å². The normalized spacial score (nSPS) is 10.1. The fourth-order valence-electron chi connectivity index (χ4n) is 3.19. The Bertz CT molecular complexity index is 628. The van der Waals surface area contributed by atoms with Gasteiger partial charge >= 0.3 is 17.9 Å². The Morgan fingerprint density at radius 3 is 1.52 bits per heavy atom. The van der Waals surface area contributed by atoms with Crippen LogP contribution in [0.25, 0.3) is 0 Å². The summed E-state index contributed by atoms with van der Waals surface area (Å²) in [6, 6.07) is 5.44. The van der Waals surface area contributed by atoms with Gasteiger partial charge in [0, 0.05) is 6.42 Å². The smallest absolute Gasteiger partial charge is 0.373 e. The van der Waals surface area contributed by atoms with Crippen LogP contribution >= 0.6 is 0 Å². The van der Waals surface area contributed by atoms with Crippen LogP contribution in [0.4, 0.5) is 0 Å². The van der Waals surface area contributed by atoms with Gasteiger partial charge in [0.05, 0.1) is 11.1 Å². The summed E-state index contributed by atoms with van der Waals surface area (Å²) in [5.74, 6) is -2.99. The molecule has 0 radical (unpaired) electrons. The first-order valence-electron chi connectivity index (χ1n) is 11.3. The van der Waals surface area contributed by atoms with E-state index >= 15 is 0 Å². The highest BCUT2D eigenvalue weighted by atomic mass is 17.1. The van der Waals surface area contributed by atoms with Crippen molar-refractivity contribution in [1.29, 1.82) is 0 Å². The Morgan fingerprint density at radius 2 is 1.13 bits per heavy atom. The zero-order valence-corrected chi connectivity index (χ0v) is 18.7. The Kier molecular flexibility index (Phi) is 18.0. The molecule has 3 N–H and O–H groups in total. The Labute approximate surface area is 185 Å². The van der Waals surface area contributed by atoms with Crippen LogP contribution < -0.4 is 0 Å². The van der Waals surface area contributed by atoms with Gasteiger partial charge in [0.25, 0.3) is 0 Å². The summed E-state index contributed by atoms with van der Waals surface area (Å²) < 4.78 is 0. The van der Waals surface area contributed by atoms with Gasteiger partial charge in [-0.3, -0.25) is 9.68 Å². The summed E-state index contributed by atoms with van der Waals surface area (Å²) in [6.45, 7) is 2.26. The van der Waals surface area contributed by atoms with Crippen molar-refractivity contribution in [3.8, 4) is 0 Å². The van der Waals surface area contributed by atoms with Crippen molar-refractivity contribution in [3.63, 3.8) is 0 Å². The lowest BCUT2D eigenvalue weighted by Gasteiger charge is -2.02. The second kappa shape index (κ2) is 19.5. The lowest BCUT2D eigenvalue weighted by Crippen LogP contribution is -2.09. The summed E-state index contributed by atoms with van der Waals surface area (Å²) in [7, 11) is 0. The Hall–Kier alpha value is -2.41. The average molecular weight is 439 g/mol. The minimum absolute atomic E-state index is 0.183. The minimum Gasteiger partial charge on any atom is -0.481 e. The van der Waals surface area contributed by atoms with E-state index < -0.39 is 17.9 Å². The third kappa shape index (κ3) is 16.0. The molecule has 0 spiro atoms. The molecule has 0 unspecified atom stereocenters. The molecule has 7 heteroatoms. The first-order valence-corrected chi connectivity index (χ1v) is 11.3. The number of hydrogen-bond acceptors (Lipinski definition) is 5. The molecule has 0 aliphatic rings. The Morgan fingerprint density at radius 1 is 0.710 bits per heavy atom. The molecule has 0 atom stereocenters. The van der Waals surface area contributed by atoms with Gasteiger partial charge in [0.15, 0.2) is 0 Å². The van der Waals surface area contributed by atoms with E-state index in [2.05, 4.69) is 11.8 Å². The molecule has 0 aliphatic carbocycles. The van der Waals surface area contributed by atoms with Crippen LogP contribution in [-0.2, 0) is 9.68 Å². The number of benzene rings is 1. The summed E-state index contributed by atoms with van der Waals surface area (Å²) in [4.78, 5) is 35.1. The SMILES string of the molecule is CCCCCCCCCCCCCCCC(=O)O.O=C(O)c1ccccc1C(=O)OO. The van der Waals surface area contributed by atoms with Gasteiger partial charge in [-0.05, 0) is 18.6 Å². The van der Waals surface area contributed by atoms with E-state index in [-0.39, 0.29) is 11.1 Å². The predicted octanol–water partition coefficient (Wildman–Crippen LogP) is 6.57. The first kappa shape index (κ1) is 28.6. The van der Waals surface area contributed by atoms with Gasteiger partial charge in [0.1, 0.15) is 0 Å². The lowest BCUT2D eigenvalue weighted by molar-refractivity contribution is -0.182. The number of aromatic carboxylic acids is 1. The van der Waals surface area contributed by atoms with Crippen molar-refractivity contribution >= 4 is 17.9 Å². The number of carbonyl (C=O) groups is 3. The fraction of sp³-hybridized carbons (Fsp3) is 0.625. The molecule has 31 heavy (non-hydrogen) atoms. The zero-order chi connectivity index (χ0) is 23.3. The molecule has 0 saturated carbocycles. The number of rotatable bonds is 16.